The van der Waals surface area contributed by atoms with E-state index in [2.05, 4.69) is 36.5 Å². The summed E-state index contributed by atoms with van der Waals surface area (Å²) >= 11 is 1.29. The number of carbonyl (C=O) groups excluding carboxylic acids is 1. The number of hydrogen-bond donors (Lipinski definition) is 2. The summed E-state index contributed by atoms with van der Waals surface area (Å²) in [5.41, 5.74) is 12.5. The highest BCUT2D eigenvalue weighted by Gasteiger charge is 2.22. The van der Waals surface area contributed by atoms with Crippen LogP contribution in [0, 0.1) is 6.92 Å². The molecule has 37 heavy (non-hydrogen) atoms. The van der Waals surface area contributed by atoms with Gasteiger partial charge >= 0.3 is 0 Å². The Morgan fingerprint density at radius 2 is 1.70 bits per heavy atom. The van der Waals surface area contributed by atoms with Crippen molar-refractivity contribution in [1.82, 2.24) is 4.98 Å². The lowest BCUT2D eigenvalue weighted by Crippen LogP contribution is -2.12. The second-order valence-corrected chi connectivity index (χ2v) is 9.59. The van der Waals surface area contributed by atoms with Crippen molar-refractivity contribution in [2.45, 2.75) is 13.8 Å². The normalized spacial score (nSPS) is 10.9. The number of benzene rings is 3. The van der Waals surface area contributed by atoms with Crippen LogP contribution in [-0.2, 0) is 0 Å². The molecule has 0 aliphatic carbocycles. The van der Waals surface area contributed by atoms with Gasteiger partial charge in [0.2, 0.25) is 0 Å². The highest BCUT2D eigenvalue weighted by Crippen LogP contribution is 2.42. The number of pyridine rings is 1. The molecule has 0 atom stereocenters. The van der Waals surface area contributed by atoms with Crippen molar-refractivity contribution in [2.75, 3.05) is 24.8 Å². The predicted octanol–water partition coefficient (Wildman–Crippen LogP) is 7.18. The number of methoxy groups -OCH3 is 1. The number of nitrogens with two attached hydrogens (primary N) is 1. The van der Waals surface area contributed by atoms with E-state index in [0.717, 1.165) is 33.5 Å². The Bertz CT molecular complexity index is 1580. The number of ether oxygens (including phenoxy) is 2. The number of rotatable bonds is 7. The molecule has 0 unspecified atom stereocenters. The number of fused-ring (bicyclic) bond motifs is 1. The molecular formula is C30H27N3O3S. The van der Waals surface area contributed by atoms with Crippen LogP contribution in [-0.4, -0.2) is 24.6 Å². The molecule has 2 heterocycles. The first kappa shape index (κ1) is 24.3. The lowest BCUT2D eigenvalue weighted by atomic mass is 9.99. The molecule has 0 spiro atoms. The van der Waals surface area contributed by atoms with Crippen LogP contribution in [0.2, 0.25) is 0 Å². The molecule has 0 fully saturated rings. The Morgan fingerprint density at radius 3 is 2.41 bits per heavy atom. The fourth-order valence-electron chi connectivity index (χ4n) is 4.18. The molecule has 0 aliphatic heterocycles. The van der Waals surface area contributed by atoms with Gasteiger partial charge in [0.25, 0.3) is 5.91 Å². The fourth-order valence-corrected chi connectivity index (χ4v) is 5.19. The smallest absolute Gasteiger partial charge is 0.267 e. The number of hydrogen-bond acceptors (Lipinski definition) is 6. The monoisotopic (exact) mass is 509 g/mol. The molecule has 5 rings (SSSR count). The van der Waals surface area contributed by atoms with E-state index in [1.54, 1.807) is 13.2 Å². The van der Waals surface area contributed by atoms with Crippen molar-refractivity contribution in [3.63, 3.8) is 0 Å². The largest absolute Gasteiger partial charge is 0.497 e. The Balaban J connectivity index is 1.62. The maximum Gasteiger partial charge on any atom is 0.267 e. The molecule has 7 heteroatoms. The van der Waals surface area contributed by atoms with Gasteiger partial charge in [-0.3, -0.25) is 4.79 Å². The van der Waals surface area contributed by atoms with E-state index < -0.39 is 0 Å². The maximum absolute atomic E-state index is 13.3. The van der Waals surface area contributed by atoms with Crippen molar-refractivity contribution < 1.29 is 14.3 Å². The lowest BCUT2D eigenvalue weighted by molar-refractivity contribution is 0.103. The Labute approximate surface area is 219 Å². The summed E-state index contributed by atoms with van der Waals surface area (Å²) in [6.45, 7) is 4.52. The van der Waals surface area contributed by atoms with Crippen LogP contribution in [0.25, 0.3) is 32.6 Å². The number of thiophene rings is 1. The zero-order chi connectivity index (χ0) is 25.9. The first-order valence-electron chi connectivity index (χ1n) is 12.0. The molecule has 6 nitrogen and oxygen atoms in total. The van der Waals surface area contributed by atoms with Crippen LogP contribution in [0.15, 0.2) is 78.9 Å². The van der Waals surface area contributed by atoms with Gasteiger partial charge in [-0.2, -0.15) is 0 Å². The number of aromatic nitrogens is 1. The van der Waals surface area contributed by atoms with Crippen LogP contribution in [0.3, 0.4) is 0 Å². The molecule has 186 valence electrons. The van der Waals surface area contributed by atoms with Crippen molar-refractivity contribution in [3.05, 3.63) is 89.3 Å². The quantitative estimate of drug-likeness (QED) is 0.243. The van der Waals surface area contributed by atoms with Gasteiger partial charge in [-0.05, 0) is 55.3 Å². The molecule has 5 aromatic rings. The average molecular weight is 510 g/mol. The third-order valence-corrected chi connectivity index (χ3v) is 7.15. The Hall–Kier alpha value is -4.36. The summed E-state index contributed by atoms with van der Waals surface area (Å²) in [6.07, 6.45) is 0. The van der Waals surface area contributed by atoms with Crippen LogP contribution in [0.5, 0.6) is 11.5 Å². The van der Waals surface area contributed by atoms with E-state index >= 15 is 0 Å². The second-order valence-electron chi connectivity index (χ2n) is 8.59. The Kier molecular flexibility index (Phi) is 6.79. The van der Waals surface area contributed by atoms with E-state index in [1.165, 1.54) is 16.9 Å². The summed E-state index contributed by atoms with van der Waals surface area (Å²) < 4.78 is 10.9. The van der Waals surface area contributed by atoms with Crippen molar-refractivity contribution in [2.24, 2.45) is 0 Å². The molecule has 3 aromatic carbocycles. The standard InChI is InChI=1S/C30H27N3O3S/c1-4-36-23-7-5-6-21(16-23)32-29(34)28-27(31)26-24(19-12-14-22(35-3)15-13-19)17-25(33-30(26)37-28)20-10-8-18(2)9-11-20/h5-17H,4,31H2,1-3H3,(H,32,34). The number of nitrogens with zero attached hydrogens (tertiary/aromatic N) is 1. The second kappa shape index (κ2) is 10.3. The molecule has 0 saturated carbocycles. The van der Waals surface area contributed by atoms with Gasteiger partial charge in [0.15, 0.2) is 0 Å². The zero-order valence-corrected chi connectivity index (χ0v) is 21.7. The average Bonchev–Trinajstić information content (AvgIpc) is 3.25. The topological polar surface area (TPSA) is 86.5 Å². The van der Waals surface area contributed by atoms with Gasteiger partial charge in [0.05, 0.1) is 25.1 Å². The van der Waals surface area contributed by atoms with E-state index in [-0.39, 0.29) is 5.91 Å². The van der Waals surface area contributed by atoms with E-state index in [4.69, 9.17) is 20.2 Å². The van der Waals surface area contributed by atoms with Crippen LogP contribution >= 0.6 is 11.3 Å². The minimum atomic E-state index is -0.285. The number of aryl methyl sites for hydroxylation is 1. The Morgan fingerprint density at radius 1 is 0.973 bits per heavy atom. The number of anilines is 2. The third-order valence-electron chi connectivity index (χ3n) is 6.06. The minimum Gasteiger partial charge on any atom is -0.497 e. The summed E-state index contributed by atoms with van der Waals surface area (Å²) in [6, 6.07) is 25.4. The highest BCUT2D eigenvalue weighted by atomic mass is 32.1. The maximum atomic E-state index is 13.3. The van der Waals surface area contributed by atoms with Crippen molar-refractivity contribution in [3.8, 4) is 33.9 Å². The molecule has 1 amide bonds. The number of carbonyl (C=O) groups is 1. The third kappa shape index (κ3) is 4.99. The highest BCUT2D eigenvalue weighted by molar-refractivity contribution is 7.21. The van der Waals surface area contributed by atoms with Crippen molar-refractivity contribution in [1.29, 1.82) is 0 Å². The fraction of sp³-hybridized carbons (Fsp3) is 0.133. The first-order chi connectivity index (χ1) is 18.0. The van der Waals surface area contributed by atoms with E-state index in [1.807, 2.05) is 55.5 Å². The molecule has 0 bridgehead atoms. The van der Waals surface area contributed by atoms with Gasteiger partial charge in [-0.1, -0.05) is 48.0 Å². The first-order valence-corrected chi connectivity index (χ1v) is 12.8. The summed E-state index contributed by atoms with van der Waals surface area (Å²) in [5, 5.41) is 3.72. The van der Waals surface area contributed by atoms with Crippen molar-refractivity contribution >= 4 is 38.8 Å². The van der Waals surface area contributed by atoms with Gasteiger partial charge in [0, 0.05) is 22.7 Å². The predicted molar refractivity (Wildman–Crippen MR) is 152 cm³/mol. The van der Waals surface area contributed by atoms with E-state index in [0.29, 0.717) is 33.4 Å². The zero-order valence-electron chi connectivity index (χ0n) is 20.9. The molecule has 0 saturated heterocycles. The minimum absolute atomic E-state index is 0.285. The lowest BCUT2D eigenvalue weighted by Gasteiger charge is -2.10. The number of amides is 1. The van der Waals surface area contributed by atoms with Gasteiger partial charge in [-0.25, -0.2) is 4.98 Å². The number of nitrogens with one attached hydrogen (secondary N) is 1. The summed E-state index contributed by atoms with van der Waals surface area (Å²) in [5.74, 6) is 1.17. The van der Waals surface area contributed by atoms with Crippen LogP contribution < -0.4 is 20.5 Å². The van der Waals surface area contributed by atoms with Crippen LogP contribution in [0.4, 0.5) is 11.4 Å². The number of nitrogen functional groups attached to an aromatic ring is 1. The van der Waals surface area contributed by atoms with Gasteiger partial charge < -0.3 is 20.5 Å². The van der Waals surface area contributed by atoms with Gasteiger partial charge in [-0.15, -0.1) is 11.3 Å². The molecule has 0 radical (unpaired) electrons. The molecule has 3 N–H and O–H groups in total. The summed E-state index contributed by atoms with van der Waals surface area (Å²) in [4.78, 5) is 19.4. The SMILES string of the molecule is CCOc1cccc(NC(=O)c2sc3nc(-c4ccc(C)cc4)cc(-c4ccc(OC)cc4)c3c2N)c1. The van der Waals surface area contributed by atoms with Gasteiger partial charge in [0.1, 0.15) is 21.2 Å². The molecule has 2 aromatic heterocycles. The summed E-state index contributed by atoms with van der Waals surface area (Å²) in [7, 11) is 1.64. The molecule has 0 aliphatic rings. The molecular weight excluding hydrogens is 482 g/mol. The van der Waals surface area contributed by atoms with E-state index in [9.17, 15) is 4.79 Å². The van der Waals surface area contributed by atoms with Crippen LogP contribution in [0.1, 0.15) is 22.2 Å².